The summed E-state index contributed by atoms with van der Waals surface area (Å²) in [5, 5.41) is 2.74. The van der Waals surface area contributed by atoms with E-state index in [0.29, 0.717) is 25.5 Å². The Labute approximate surface area is 103 Å². The van der Waals surface area contributed by atoms with Gasteiger partial charge >= 0.3 is 0 Å². The van der Waals surface area contributed by atoms with Gasteiger partial charge in [0.15, 0.2) is 0 Å². The second kappa shape index (κ2) is 6.50. The average molecular weight is 287 g/mol. The number of halogens is 1. The number of aromatic nitrogens is 1. The molecule has 4 nitrogen and oxygen atoms in total. The van der Waals surface area contributed by atoms with Gasteiger partial charge in [-0.3, -0.25) is 4.79 Å². The first-order valence-electron chi connectivity index (χ1n) is 4.94. The van der Waals surface area contributed by atoms with Gasteiger partial charge in [-0.1, -0.05) is 12.2 Å². The van der Waals surface area contributed by atoms with Crippen LogP contribution in [0.2, 0.25) is 0 Å². The van der Waals surface area contributed by atoms with Crippen molar-refractivity contribution >= 4 is 21.8 Å². The van der Waals surface area contributed by atoms with Crippen molar-refractivity contribution in [3.8, 4) is 0 Å². The highest BCUT2D eigenvalue weighted by Crippen LogP contribution is 2.09. The van der Waals surface area contributed by atoms with Crippen molar-refractivity contribution in [2.75, 3.05) is 19.8 Å². The Morgan fingerprint density at radius 1 is 1.69 bits per heavy atom. The van der Waals surface area contributed by atoms with Crippen molar-refractivity contribution < 1.29 is 9.53 Å². The van der Waals surface area contributed by atoms with Crippen LogP contribution in [0.1, 0.15) is 17.4 Å². The first-order valence-corrected chi connectivity index (χ1v) is 5.73. The molecule has 0 aliphatic heterocycles. The largest absolute Gasteiger partial charge is 0.375 e. The van der Waals surface area contributed by atoms with Crippen LogP contribution in [-0.2, 0) is 4.74 Å². The summed E-state index contributed by atoms with van der Waals surface area (Å²) >= 11 is 3.26. The number of hydrogen-bond donors (Lipinski definition) is 2. The summed E-state index contributed by atoms with van der Waals surface area (Å²) in [6, 6.07) is 1.73. The smallest absolute Gasteiger partial charge is 0.267 e. The van der Waals surface area contributed by atoms with Crippen molar-refractivity contribution in [2.24, 2.45) is 0 Å². The van der Waals surface area contributed by atoms with E-state index in [1.54, 1.807) is 12.3 Å². The van der Waals surface area contributed by atoms with Gasteiger partial charge in [-0.05, 0) is 28.9 Å². The summed E-state index contributed by atoms with van der Waals surface area (Å²) < 4.78 is 6.11. The minimum absolute atomic E-state index is 0.135. The quantitative estimate of drug-likeness (QED) is 0.622. The van der Waals surface area contributed by atoms with Gasteiger partial charge in [-0.25, -0.2) is 0 Å². The van der Waals surface area contributed by atoms with E-state index < -0.39 is 0 Å². The van der Waals surface area contributed by atoms with Crippen LogP contribution in [0.4, 0.5) is 0 Å². The van der Waals surface area contributed by atoms with Crippen molar-refractivity contribution in [1.82, 2.24) is 10.3 Å². The number of nitrogens with one attached hydrogen (secondary N) is 2. The van der Waals surface area contributed by atoms with Crippen LogP contribution >= 0.6 is 15.9 Å². The lowest BCUT2D eigenvalue weighted by Gasteiger charge is -2.05. The number of carbonyl (C=O) groups excluding carboxylic acids is 1. The molecule has 2 N–H and O–H groups in total. The van der Waals surface area contributed by atoms with Crippen molar-refractivity contribution in [2.45, 2.75) is 6.92 Å². The molecule has 0 spiro atoms. The molecule has 1 aromatic heterocycles. The number of carbonyl (C=O) groups is 1. The standard InChI is InChI=1S/C11H15BrN2O2/c1-8(2)7-16-4-3-13-11(15)10-5-9(12)6-14-10/h5-6,14H,1,3-4,7H2,2H3,(H,13,15). The second-order valence-electron chi connectivity index (χ2n) is 3.50. The molecule has 0 fully saturated rings. The topological polar surface area (TPSA) is 54.1 Å². The fourth-order valence-electron chi connectivity index (χ4n) is 1.08. The van der Waals surface area contributed by atoms with Gasteiger partial charge in [0.25, 0.3) is 5.91 Å². The number of hydrogen-bond acceptors (Lipinski definition) is 2. The SMILES string of the molecule is C=C(C)COCCNC(=O)c1cc(Br)c[nH]1. The summed E-state index contributed by atoms with van der Waals surface area (Å²) in [6.45, 7) is 7.12. The van der Waals surface area contributed by atoms with Gasteiger partial charge in [0, 0.05) is 17.2 Å². The van der Waals surface area contributed by atoms with Crippen LogP contribution in [0.3, 0.4) is 0 Å². The minimum Gasteiger partial charge on any atom is -0.375 e. The third kappa shape index (κ3) is 4.63. The zero-order valence-corrected chi connectivity index (χ0v) is 10.8. The molecule has 5 heteroatoms. The number of ether oxygens (including phenoxy) is 1. The van der Waals surface area contributed by atoms with Gasteiger partial charge in [-0.2, -0.15) is 0 Å². The maximum atomic E-state index is 11.5. The van der Waals surface area contributed by atoms with E-state index in [1.165, 1.54) is 0 Å². The highest BCUT2D eigenvalue weighted by Gasteiger charge is 2.06. The van der Waals surface area contributed by atoms with E-state index >= 15 is 0 Å². The summed E-state index contributed by atoms with van der Waals surface area (Å²) in [4.78, 5) is 14.4. The fourth-order valence-corrected chi connectivity index (χ4v) is 1.42. The van der Waals surface area contributed by atoms with Gasteiger partial charge in [0.2, 0.25) is 0 Å². The maximum Gasteiger partial charge on any atom is 0.267 e. The molecule has 0 bridgehead atoms. The average Bonchev–Trinajstić information content (AvgIpc) is 2.63. The molecular weight excluding hydrogens is 272 g/mol. The number of aromatic amines is 1. The Hall–Kier alpha value is -1.07. The lowest BCUT2D eigenvalue weighted by molar-refractivity contribution is 0.0922. The van der Waals surface area contributed by atoms with Crippen LogP contribution in [-0.4, -0.2) is 30.6 Å². The van der Waals surface area contributed by atoms with E-state index in [9.17, 15) is 4.79 Å². The molecule has 88 valence electrons. The Bertz CT molecular complexity index is 374. The summed E-state index contributed by atoms with van der Waals surface area (Å²) in [7, 11) is 0. The predicted molar refractivity (Wildman–Crippen MR) is 66.5 cm³/mol. The Morgan fingerprint density at radius 2 is 2.44 bits per heavy atom. The van der Waals surface area contributed by atoms with Crippen LogP contribution in [0.25, 0.3) is 0 Å². The van der Waals surface area contributed by atoms with Crippen molar-refractivity contribution in [3.63, 3.8) is 0 Å². The highest BCUT2D eigenvalue weighted by atomic mass is 79.9. The van der Waals surface area contributed by atoms with E-state index in [2.05, 4.69) is 32.8 Å². The normalized spacial score (nSPS) is 10.1. The monoisotopic (exact) mass is 286 g/mol. The van der Waals surface area contributed by atoms with Gasteiger partial charge in [-0.15, -0.1) is 0 Å². The Balaban J connectivity index is 2.18. The van der Waals surface area contributed by atoms with Crippen LogP contribution < -0.4 is 5.32 Å². The molecule has 1 aromatic rings. The molecule has 1 heterocycles. The molecule has 0 saturated heterocycles. The van der Waals surface area contributed by atoms with Crippen molar-refractivity contribution in [3.05, 3.63) is 34.6 Å². The number of amides is 1. The molecule has 0 atom stereocenters. The molecule has 0 aliphatic carbocycles. The van der Waals surface area contributed by atoms with Crippen LogP contribution in [0.5, 0.6) is 0 Å². The zero-order valence-electron chi connectivity index (χ0n) is 9.18. The fraction of sp³-hybridized carbons (Fsp3) is 0.364. The first-order chi connectivity index (χ1) is 7.59. The van der Waals surface area contributed by atoms with E-state index in [4.69, 9.17) is 4.74 Å². The Morgan fingerprint density at radius 3 is 3.00 bits per heavy atom. The third-order valence-corrected chi connectivity index (χ3v) is 2.23. The van der Waals surface area contributed by atoms with E-state index in [1.807, 2.05) is 6.92 Å². The lowest BCUT2D eigenvalue weighted by Crippen LogP contribution is -2.27. The number of H-pyrrole nitrogens is 1. The number of rotatable bonds is 6. The zero-order chi connectivity index (χ0) is 12.0. The minimum atomic E-state index is -0.135. The maximum absolute atomic E-state index is 11.5. The molecule has 0 aromatic carbocycles. The van der Waals surface area contributed by atoms with Crippen LogP contribution in [0.15, 0.2) is 28.9 Å². The predicted octanol–water partition coefficient (Wildman–Crippen LogP) is 2.10. The molecule has 0 unspecified atom stereocenters. The summed E-state index contributed by atoms with van der Waals surface area (Å²) in [6.07, 6.45) is 1.71. The molecule has 1 amide bonds. The van der Waals surface area contributed by atoms with Gasteiger partial charge in [0.05, 0.1) is 13.2 Å². The molecule has 0 saturated carbocycles. The first kappa shape index (κ1) is 13.0. The molecule has 0 radical (unpaired) electrons. The molecular formula is C11H15BrN2O2. The van der Waals surface area contributed by atoms with E-state index in [-0.39, 0.29) is 5.91 Å². The Kier molecular flexibility index (Phi) is 5.28. The summed E-state index contributed by atoms with van der Waals surface area (Å²) in [5.74, 6) is -0.135. The second-order valence-corrected chi connectivity index (χ2v) is 4.41. The molecule has 1 rings (SSSR count). The van der Waals surface area contributed by atoms with Gasteiger partial charge < -0.3 is 15.0 Å². The molecule has 16 heavy (non-hydrogen) atoms. The highest BCUT2D eigenvalue weighted by molar-refractivity contribution is 9.10. The lowest BCUT2D eigenvalue weighted by atomic mass is 10.4. The van der Waals surface area contributed by atoms with Gasteiger partial charge in [0.1, 0.15) is 5.69 Å². The summed E-state index contributed by atoms with van der Waals surface area (Å²) in [5.41, 5.74) is 1.51. The molecule has 0 aliphatic rings. The van der Waals surface area contributed by atoms with E-state index in [0.717, 1.165) is 10.0 Å². The van der Waals surface area contributed by atoms with Crippen molar-refractivity contribution in [1.29, 1.82) is 0 Å². The third-order valence-electron chi connectivity index (χ3n) is 1.77. The van der Waals surface area contributed by atoms with Crippen LogP contribution in [0, 0.1) is 0 Å².